The van der Waals surface area contributed by atoms with Crippen LogP contribution < -0.4 is 5.32 Å². The zero-order valence-electron chi connectivity index (χ0n) is 12.6. The van der Waals surface area contributed by atoms with Crippen molar-refractivity contribution in [1.29, 1.82) is 0 Å². The van der Waals surface area contributed by atoms with E-state index >= 15 is 0 Å². The summed E-state index contributed by atoms with van der Waals surface area (Å²) in [5.41, 5.74) is 0.0510. The molecule has 0 saturated carbocycles. The van der Waals surface area contributed by atoms with Crippen molar-refractivity contribution in [3.8, 4) is 0 Å². The molecule has 1 saturated heterocycles. The summed E-state index contributed by atoms with van der Waals surface area (Å²) in [5, 5.41) is 7.02. The van der Waals surface area contributed by atoms with E-state index in [9.17, 15) is 0 Å². The number of nitrogens with one attached hydrogen (secondary N) is 1. The first kappa shape index (κ1) is 14.9. The van der Waals surface area contributed by atoms with E-state index in [1.807, 2.05) is 6.20 Å². The lowest BCUT2D eigenvalue weighted by Gasteiger charge is -2.38. The number of rotatable bonds is 4. The van der Waals surface area contributed by atoms with Gasteiger partial charge in [0.1, 0.15) is 5.01 Å². The van der Waals surface area contributed by atoms with Gasteiger partial charge in [-0.25, -0.2) is 4.98 Å². The molecule has 2 heterocycles. The van der Waals surface area contributed by atoms with Crippen LogP contribution in [-0.4, -0.2) is 35.6 Å². The molecule has 4 heteroatoms. The maximum absolute atomic E-state index is 4.54. The third kappa shape index (κ3) is 3.77. The van der Waals surface area contributed by atoms with Crippen LogP contribution in [0.1, 0.15) is 45.5 Å². The third-order valence-corrected chi connectivity index (χ3v) is 5.07. The highest BCUT2D eigenvalue weighted by Gasteiger charge is 2.33. The van der Waals surface area contributed by atoms with Crippen LogP contribution in [0.15, 0.2) is 11.6 Å². The normalized spacial score (nSPS) is 22.7. The van der Waals surface area contributed by atoms with Gasteiger partial charge in [0.05, 0.1) is 5.54 Å². The molecule has 1 aromatic heterocycles. The van der Waals surface area contributed by atoms with E-state index in [0.717, 1.165) is 25.6 Å². The molecule has 0 amide bonds. The average molecular weight is 281 g/mol. The largest absolute Gasteiger partial charge is 0.313 e. The fourth-order valence-corrected chi connectivity index (χ4v) is 3.68. The summed E-state index contributed by atoms with van der Waals surface area (Å²) in [7, 11) is 0. The third-order valence-electron chi connectivity index (χ3n) is 3.98. The fraction of sp³-hybridized carbons (Fsp3) is 0.800. The van der Waals surface area contributed by atoms with Crippen molar-refractivity contribution in [2.45, 2.75) is 52.1 Å². The summed E-state index contributed by atoms with van der Waals surface area (Å²) in [6.07, 6.45) is 4.40. The molecule has 1 aliphatic rings. The number of hydrogen-bond acceptors (Lipinski definition) is 4. The average Bonchev–Trinajstić information content (AvgIpc) is 2.77. The van der Waals surface area contributed by atoms with Crippen LogP contribution in [0.4, 0.5) is 0 Å². The lowest BCUT2D eigenvalue weighted by Crippen LogP contribution is -2.47. The molecular formula is C15H27N3S. The van der Waals surface area contributed by atoms with Gasteiger partial charge in [0, 0.05) is 30.7 Å². The molecular weight excluding hydrogens is 254 g/mol. The van der Waals surface area contributed by atoms with Crippen molar-refractivity contribution >= 4 is 11.3 Å². The van der Waals surface area contributed by atoms with Crippen LogP contribution in [0.2, 0.25) is 0 Å². The van der Waals surface area contributed by atoms with Crippen molar-refractivity contribution in [3.05, 3.63) is 16.6 Å². The van der Waals surface area contributed by atoms with Crippen LogP contribution >= 0.6 is 11.3 Å². The molecule has 0 aliphatic carbocycles. The molecule has 0 aromatic carbocycles. The Labute approximate surface area is 121 Å². The van der Waals surface area contributed by atoms with Crippen molar-refractivity contribution in [3.63, 3.8) is 0 Å². The van der Waals surface area contributed by atoms with Crippen LogP contribution in [-0.2, 0) is 5.54 Å². The molecule has 1 aromatic rings. The molecule has 108 valence electrons. The Bertz CT molecular complexity index is 373. The first-order valence-corrected chi connectivity index (χ1v) is 8.26. The lowest BCUT2D eigenvalue weighted by atomic mass is 9.99. The van der Waals surface area contributed by atoms with Gasteiger partial charge in [-0.2, -0.15) is 0 Å². The second kappa shape index (κ2) is 6.33. The summed E-state index contributed by atoms with van der Waals surface area (Å²) in [6, 6.07) is 0.613. The van der Waals surface area contributed by atoms with E-state index in [-0.39, 0.29) is 5.54 Å². The highest BCUT2D eigenvalue weighted by Crippen LogP contribution is 2.30. The smallest absolute Gasteiger partial charge is 0.112 e. The number of aromatic nitrogens is 1. The van der Waals surface area contributed by atoms with Crippen molar-refractivity contribution < 1.29 is 0 Å². The molecule has 3 nitrogen and oxygen atoms in total. The second-order valence-electron chi connectivity index (χ2n) is 6.48. The standard InChI is InChI=1S/C15H27N3S/c1-12(2)10-13-11-18(8-5-6-16-13)15(3,4)14-17-7-9-19-14/h7,9,12-13,16H,5-6,8,10-11H2,1-4H3. The predicted molar refractivity (Wildman–Crippen MR) is 82.6 cm³/mol. The minimum atomic E-state index is 0.0510. The van der Waals surface area contributed by atoms with E-state index in [2.05, 4.69) is 48.3 Å². The first-order valence-electron chi connectivity index (χ1n) is 7.38. The zero-order chi connectivity index (χ0) is 13.9. The molecule has 19 heavy (non-hydrogen) atoms. The van der Waals surface area contributed by atoms with Gasteiger partial charge in [0.15, 0.2) is 0 Å². The second-order valence-corrected chi connectivity index (χ2v) is 7.37. The molecule has 1 aliphatic heterocycles. The number of thiazole rings is 1. The van der Waals surface area contributed by atoms with Gasteiger partial charge in [-0.1, -0.05) is 13.8 Å². The van der Waals surface area contributed by atoms with Gasteiger partial charge in [0.25, 0.3) is 0 Å². The molecule has 0 radical (unpaired) electrons. The zero-order valence-corrected chi connectivity index (χ0v) is 13.5. The summed E-state index contributed by atoms with van der Waals surface area (Å²) in [6.45, 7) is 12.7. The SMILES string of the molecule is CC(C)CC1CN(C(C)(C)c2nccs2)CCCN1. The van der Waals surface area contributed by atoms with E-state index in [1.165, 1.54) is 17.8 Å². The topological polar surface area (TPSA) is 28.2 Å². The molecule has 1 fully saturated rings. The van der Waals surface area contributed by atoms with Crippen molar-refractivity contribution in [2.75, 3.05) is 19.6 Å². The highest BCUT2D eigenvalue weighted by molar-refractivity contribution is 7.09. The molecule has 0 bridgehead atoms. The predicted octanol–water partition coefficient (Wildman–Crippen LogP) is 3.09. The molecule has 1 N–H and O–H groups in total. The van der Waals surface area contributed by atoms with Crippen LogP contribution in [0.3, 0.4) is 0 Å². The first-order chi connectivity index (χ1) is 9.00. The van der Waals surface area contributed by atoms with E-state index in [4.69, 9.17) is 0 Å². The Balaban J connectivity index is 2.09. The van der Waals surface area contributed by atoms with Crippen molar-refractivity contribution in [1.82, 2.24) is 15.2 Å². The number of hydrogen-bond donors (Lipinski definition) is 1. The molecule has 1 atom stereocenters. The minimum absolute atomic E-state index is 0.0510. The lowest BCUT2D eigenvalue weighted by molar-refractivity contribution is 0.113. The summed E-state index contributed by atoms with van der Waals surface area (Å²) < 4.78 is 0. The molecule has 2 rings (SSSR count). The number of nitrogens with zero attached hydrogens (tertiary/aromatic N) is 2. The fourth-order valence-electron chi connectivity index (χ4n) is 2.89. The Morgan fingerprint density at radius 1 is 1.53 bits per heavy atom. The van der Waals surface area contributed by atoms with Crippen molar-refractivity contribution in [2.24, 2.45) is 5.92 Å². The summed E-state index contributed by atoms with van der Waals surface area (Å²) >= 11 is 1.77. The minimum Gasteiger partial charge on any atom is -0.313 e. The Hall–Kier alpha value is -0.450. The highest BCUT2D eigenvalue weighted by atomic mass is 32.1. The van der Waals surface area contributed by atoms with Gasteiger partial charge >= 0.3 is 0 Å². The van der Waals surface area contributed by atoms with E-state index in [0.29, 0.717) is 6.04 Å². The van der Waals surface area contributed by atoms with E-state index < -0.39 is 0 Å². The van der Waals surface area contributed by atoms with Gasteiger partial charge in [-0.15, -0.1) is 11.3 Å². The summed E-state index contributed by atoms with van der Waals surface area (Å²) in [4.78, 5) is 7.15. The quantitative estimate of drug-likeness (QED) is 0.919. The van der Waals surface area contributed by atoms with Crippen LogP contribution in [0.25, 0.3) is 0 Å². The maximum atomic E-state index is 4.54. The van der Waals surface area contributed by atoms with Gasteiger partial charge < -0.3 is 5.32 Å². The van der Waals surface area contributed by atoms with Gasteiger partial charge in [0.2, 0.25) is 0 Å². The maximum Gasteiger partial charge on any atom is 0.112 e. The van der Waals surface area contributed by atoms with Gasteiger partial charge in [-0.05, 0) is 39.2 Å². The molecule has 0 spiro atoms. The summed E-state index contributed by atoms with van der Waals surface area (Å²) in [5.74, 6) is 0.750. The Morgan fingerprint density at radius 3 is 2.95 bits per heavy atom. The molecule has 1 unspecified atom stereocenters. The van der Waals surface area contributed by atoms with Crippen LogP contribution in [0.5, 0.6) is 0 Å². The van der Waals surface area contributed by atoms with Crippen LogP contribution in [0, 0.1) is 5.92 Å². The van der Waals surface area contributed by atoms with Gasteiger partial charge in [-0.3, -0.25) is 4.90 Å². The Morgan fingerprint density at radius 2 is 2.32 bits per heavy atom. The monoisotopic (exact) mass is 281 g/mol. The Kier molecular flexibility index (Phi) is 4.98. The van der Waals surface area contributed by atoms with E-state index in [1.54, 1.807) is 11.3 Å².